The van der Waals surface area contributed by atoms with Gasteiger partial charge in [0, 0.05) is 23.2 Å². The summed E-state index contributed by atoms with van der Waals surface area (Å²) >= 11 is 3.22. The SMILES string of the molecule is N#C/C(=C/c1cc(Br)ccc1F)C(=O)NCC1CCCO1. The molecule has 1 aliphatic heterocycles. The van der Waals surface area contributed by atoms with Crippen molar-refractivity contribution >= 4 is 27.9 Å². The van der Waals surface area contributed by atoms with E-state index in [2.05, 4.69) is 21.2 Å². The Bertz CT molecular complexity index is 604. The number of nitrogens with one attached hydrogen (secondary N) is 1. The number of carbonyl (C=O) groups is 1. The highest BCUT2D eigenvalue weighted by molar-refractivity contribution is 9.10. The molecular weight excluding hydrogens is 339 g/mol. The summed E-state index contributed by atoms with van der Waals surface area (Å²) in [6, 6.07) is 6.14. The van der Waals surface area contributed by atoms with E-state index in [9.17, 15) is 9.18 Å². The van der Waals surface area contributed by atoms with Crippen LogP contribution in [0.1, 0.15) is 18.4 Å². The predicted molar refractivity (Wildman–Crippen MR) is 79.7 cm³/mol. The van der Waals surface area contributed by atoms with Crippen LogP contribution in [0.2, 0.25) is 0 Å². The van der Waals surface area contributed by atoms with Crippen LogP contribution in [0.5, 0.6) is 0 Å². The topological polar surface area (TPSA) is 62.1 Å². The number of ether oxygens (including phenoxy) is 1. The lowest BCUT2D eigenvalue weighted by molar-refractivity contribution is -0.117. The van der Waals surface area contributed by atoms with Crippen LogP contribution in [-0.4, -0.2) is 25.2 Å². The Morgan fingerprint density at radius 1 is 1.62 bits per heavy atom. The van der Waals surface area contributed by atoms with Gasteiger partial charge in [0.25, 0.3) is 5.91 Å². The Morgan fingerprint density at radius 3 is 3.10 bits per heavy atom. The van der Waals surface area contributed by atoms with Gasteiger partial charge in [-0.1, -0.05) is 15.9 Å². The van der Waals surface area contributed by atoms with Gasteiger partial charge >= 0.3 is 0 Å². The Labute approximate surface area is 130 Å². The van der Waals surface area contributed by atoms with Crippen LogP contribution >= 0.6 is 15.9 Å². The summed E-state index contributed by atoms with van der Waals surface area (Å²) in [5.74, 6) is -1.01. The molecule has 1 aromatic carbocycles. The second-order valence-electron chi connectivity index (χ2n) is 4.68. The van der Waals surface area contributed by atoms with Crippen molar-refractivity contribution in [2.45, 2.75) is 18.9 Å². The number of hydrogen-bond acceptors (Lipinski definition) is 3. The van der Waals surface area contributed by atoms with Crippen molar-refractivity contribution in [3.63, 3.8) is 0 Å². The largest absolute Gasteiger partial charge is 0.376 e. The molecule has 0 radical (unpaired) electrons. The molecule has 0 aliphatic carbocycles. The van der Waals surface area contributed by atoms with Gasteiger partial charge in [-0.2, -0.15) is 5.26 Å². The summed E-state index contributed by atoms with van der Waals surface area (Å²) < 4.78 is 19.7. The summed E-state index contributed by atoms with van der Waals surface area (Å²) in [5, 5.41) is 11.7. The van der Waals surface area contributed by atoms with E-state index in [1.165, 1.54) is 18.2 Å². The lowest BCUT2D eigenvalue weighted by Crippen LogP contribution is -2.32. The van der Waals surface area contributed by atoms with E-state index in [1.807, 2.05) is 0 Å². The fraction of sp³-hybridized carbons (Fsp3) is 0.333. The van der Waals surface area contributed by atoms with Crippen molar-refractivity contribution < 1.29 is 13.9 Å². The van der Waals surface area contributed by atoms with Gasteiger partial charge in [-0.05, 0) is 37.1 Å². The molecule has 0 saturated carbocycles. The highest BCUT2D eigenvalue weighted by atomic mass is 79.9. The molecule has 6 heteroatoms. The van der Waals surface area contributed by atoms with Crippen molar-refractivity contribution in [2.75, 3.05) is 13.2 Å². The van der Waals surface area contributed by atoms with E-state index >= 15 is 0 Å². The van der Waals surface area contributed by atoms with Crippen LogP contribution in [0, 0.1) is 17.1 Å². The zero-order valence-corrected chi connectivity index (χ0v) is 12.8. The molecule has 0 bridgehead atoms. The summed E-state index contributed by atoms with van der Waals surface area (Å²) in [7, 11) is 0. The van der Waals surface area contributed by atoms with Crippen molar-refractivity contribution in [3.05, 3.63) is 39.6 Å². The minimum atomic E-state index is -0.521. The minimum absolute atomic E-state index is 0.00324. The molecule has 21 heavy (non-hydrogen) atoms. The monoisotopic (exact) mass is 352 g/mol. The molecule has 1 saturated heterocycles. The van der Waals surface area contributed by atoms with E-state index in [0.29, 0.717) is 17.6 Å². The Hall–Kier alpha value is -1.71. The van der Waals surface area contributed by atoms with Crippen molar-refractivity contribution in [3.8, 4) is 6.07 Å². The molecule has 1 atom stereocenters. The van der Waals surface area contributed by atoms with Crippen LogP contribution < -0.4 is 5.32 Å². The molecule has 110 valence electrons. The van der Waals surface area contributed by atoms with Gasteiger partial charge in [0.15, 0.2) is 0 Å². The first-order chi connectivity index (χ1) is 10.1. The van der Waals surface area contributed by atoms with Crippen LogP contribution in [0.3, 0.4) is 0 Å². The third-order valence-corrected chi connectivity index (χ3v) is 3.63. The molecule has 0 spiro atoms. The van der Waals surface area contributed by atoms with Gasteiger partial charge in [0.1, 0.15) is 17.5 Å². The first kappa shape index (κ1) is 15.7. The first-order valence-electron chi connectivity index (χ1n) is 6.57. The van der Waals surface area contributed by atoms with Gasteiger partial charge in [-0.15, -0.1) is 0 Å². The van der Waals surface area contributed by atoms with Crippen LogP contribution in [0.25, 0.3) is 6.08 Å². The highest BCUT2D eigenvalue weighted by Gasteiger charge is 2.17. The minimum Gasteiger partial charge on any atom is -0.376 e. The van der Waals surface area contributed by atoms with Crippen molar-refractivity contribution in [2.24, 2.45) is 0 Å². The molecule has 1 amide bonds. The van der Waals surface area contributed by atoms with E-state index in [-0.39, 0.29) is 17.2 Å². The van der Waals surface area contributed by atoms with Crippen molar-refractivity contribution in [1.29, 1.82) is 5.26 Å². The van der Waals surface area contributed by atoms with Crippen molar-refractivity contribution in [1.82, 2.24) is 5.32 Å². The molecule has 2 rings (SSSR count). The molecule has 1 N–H and O–H groups in total. The maximum atomic E-state index is 13.6. The number of benzene rings is 1. The molecular formula is C15H14BrFN2O2. The fourth-order valence-electron chi connectivity index (χ4n) is 2.04. The normalized spacial score (nSPS) is 18.3. The highest BCUT2D eigenvalue weighted by Crippen LogP contribution is 2.18. The number of halogens is 2. The summed E-state index contributed by atoms with van der Waals surface area (Å²) in [6.45, 7) is 1.06. The lowest BCUT2D eigenvalue weighted by Gasteiger charge is -2.10. The Morgan fingerprint density at radius 2 is 2.43 bits per heavy atom. The summed E-state index contributed by atoms with van der Waals surface area (Å²) in [6.07, 6.45) is 3.11. The van der Waals surface area contributed by atoms with E-state index in [0.717, 1.165) is 12.8 Å². The Kier molecular flexibility index (Phi) is 5.48. The van der Waals surface area contributed by atoms with E-state index < -0.39 is 11.7 Å². The number of nitrogens with zero attached hydrogens (tertiary/aromatic N) is 1. The van der Waals surface area contributed by atoms with Crippen LogP contribution in [-0.2, 0) is 9.53 Å². The maximum Gasteiger partial charge on any atom is 0.262 e. The number of rotatable bonds is 4. The average molecular weight is 353 g/mol. The zero-order chi connectivity index (χ0) is 15.2. The number of nitriles is 1. The van der Waals surface area contributed by atoms with Gasteiger partial charge < -0.3 is 10.1 Å². The second kappa shape index (κ2) is 7.34. The first-order valence-corrected chi connectivity index (χ1v) is 7.36. The van der Waals surface area contributed by atoms with Crippen LogP contribution in [0.4, 0.5) is 4.39 Å². The van der Waals surface area contributed by atoms with Gasteiger partial charge in [-0.25, -0.2) is 4.39 Å². The average Bonchev–Trinajstić information content (AvgIpc) is 2.99. The third kappa shape index (κ3) is 4.38. The summed E-state index contributed by atoms with van der Waals surface area (Å²) in [5.41, 5.74) is 0.0539. The third-order valence-electron chi connectivity index (χ3n) is 3.14. The number of hydrogen-bond donors (Lipinski definition) is 1. The molecule has 4 nitrogen and oxygen atoms in total. The lowest BCUT2D eigenvalue weighted by atomic mass is 10.1. The number of amides is 1. The smallest absolute Gasteiger partial charge is 0.262 e. The predicted octanol–water partition coefficient (Wildman–Crippen LogP) is 2.79. The van der Waals surface area contributed by atoms with Crippen LogP contribution in [0.15, 0.2) is 28.2 Å². The molecule has 1 aromatic rings. The second-order valence-corrected chi connectivity index (χ2v) is 5.60. The quantitative estimate of drug-likeness (QED) is 0.669. The molecule has 1 heterocycles. The number of carbonyl (C=O) groups excluding carboxylic acids is 1. The van der Waals surface area contributed by atoms with Gasteiger partial charge in [0.2, 0.25) is 0 Å². The van der Waals surface area contributed by atoms with Gasteiger partial charge in [0.05, 0.1) is 6.10 Å². The Balaban J connectivity index is 2.07. The van der Waals surface area contributed by atoms with E-state index in [1.54, 1.807) is 12.1 Å². The van der Waals surface area contributed by atoms with E-state index in [4.69, 9.17) is 10.00 Å². The zero-order valence-electron chi connectivity index (χ0n) is 11.2. The standard InChI is InChI=1S/C15H14BrFN2O2/c16-12-3-4-14(17)10(7-12)6-11(8-18)15(20)19-9-13-2-1-5-21-13/h3-4,6-7,13H,1-2,5,9H2,(H,19,20)/b11-6-. The maximum absolute atomic E-state index is 13.6. The fourth-order valence-corrected chi connectivity index (χ4v) is 2.42. The molecule has 1 aliphatic rings. The molecule has 0 aromatic heterocycles. The molecule has 1 fully saturated rings. The molecule has 1 unspecified atom stereocenters. The van der Waals surface area contributed by atoms with Gasteiger partial charge in [-0.3, -0.25) is 4.79 Å². The summed E-state index contributed by atoms with van der Waals surface area (Å²) in [4.78, 5) is 11.9.